The monoisotopic (exact) mass is 315 g/mol. The van der Waals surface area contributed by atoms with E-state index in [1.54, 1.807) is 0 Å². The average molecular weight is 315 g/mol. The highest BCUT2D eigenvalue weighted by atomic mass is 127. The van der Waals surface area contributed by atoms with Gasteiger partial charge in [0.2, 0.25) is 11.8 Å². The molecule has 0 bridgehead atoms. The third-order valence-electron chi connectivity index (χ3n) is 2.51. The lowest BCUT2D eigenvalue weighted by atomic mass is 10.1. The Balaban J connectivity index is 2.59. The Labute approximate surface area is 102 Å². The summed E-state index contributed by atoms with van der Waals surface area (Å²) in [7, 11) is 0. The van der Waals surface area contributed by atoms with Crippen LogP contribution in [0.15, 0.2) is 12.1 Å². The molecule has 1 aliphatic heterocycles. The molecule has 15 heavy (non-hydrogen) atoms. The first-order chi connectivity index (χ1) is 7.00. The zero-order valence-corrected chi connectivity index (χ0v) is 10.7. The smallest absolute Gasteiger partial charge is 0.238 e. The van der Waals surface area contributed by atoms with Crippen LogP contribution in [0.2, 0.25) is 0 Å². The number of rotatable bonds is 0. The molecule has 0 unspecified atom stereocenters. The predicted molar refractivity (Wildman–Crippen MR) is 65.8 cm³/mol. The maximum Gasteiger partial charge on any atom is 0.238 e. The van der Waals surface area contributed by atoms with Crippen LogP contribution in [-0.2, 0) is 16.0 Å². The Bertz CT molecular complexity index is 468. The summed E-state index contributed by atoms with van der Waals surface area (Å²) >= 11 is 2.21. The van der Waals surface area contributed by atoms with Crippen molar-refractivity contribution in [2.45, 2.75) is 20.3 Å². The van der Waals surface area contributed by atoms with Gasteiger partial charge in [-0.2, -0.15) is 0 Å². The van der Waals surface area contributed by atoms with Gasteiger partial charge >= 0.3 is 0 Å². The van der Waals surface area contributed by atoms with Gasteiger partial charge in [-0.25, -0.2) is 0 Å². The van der Waals surface area contributed by atoms with E-state index in [4.69, 9.17) is 0 Å². The van der Waals surface area contributed by atoms with E-state index in [1.165, 1.54) is 11.8 Å². The Hall–Kier alpha value is -0.910. The minimum absolute atomic E-state index is 0.126. The molecule has 1 aromatic carbocycles. The van der Waals surface area contributed by atoms with Gasteiger partial charge in [-0.15, -0.1) is 0 Å². The second kappa shape index (κ2) is 3.59. The molecule has 2 rings (SSSR count). The number of benzene rings is 1. The first-order valence-corrected chi connectivity index (χ1v) is 5.71. The molecule has 0 fully saturated rings. The van der Waals surface area contributed by atoms with Crippen molar-refractivity contribution in [2.24, 2.45) is 0 Å². The van der Waals surface area contributed by atoms with Gasteiger partial charge in [-0.05, 0) is 46.7 Å². The van der Waals surface area contributed by atoms with E-state index in [9.17, 15) is 9.59 Å². The van der Waals surface area contributed by atoms with E-state index in [-0.39, 0.29) is 11.8 Å². The Kier molecular flexibility index (Phi) is 2.54. The third-order valence-corrected chi connectivity index (χ3v) is 3.67. The average Bonchev–Trinajstić information content (AvgIpc) is 2.41. The maximum absolute atomic E-state index is 11.6. The molecular formula is C11H10INO2. The van der Waals surface area contributed by atoms with Crippen LogP contribution in [0.4, 0.5) is 5.69 Å². The molecule has 1 heterocycles. The summed E-state index contributed by atoms with van der Waals surface area (Å²) in [6.07, 6.45) is 0.340. The summed E-state index contributed by atoms with van der Waals surface area (Å²) in [6, 6.07) is 3.88. The van der Waals surface area contributed by atoms with Gasteiger partial charge in [0.1, 0.15) is 0 Å². The van der Waals surface area contributed by atoms with E-state index in [0.29, 0.717) is 6.42 Å². The van der Waals surface area contributed by atoms with Crippen molar-refractivity contribution in [1.29, 1.82) is 0 Å². The van der Waals surface area contributed by atoms with Crippen molar-refractivity contribution in [1.82, 2.24) is 0 Å². The zero-order chi connectivity index (χ0) is 11.2. The van der Waals surface area contributed by atoms with Crippen molar-refractivity contribution in [3.63, 3.8) is 0 Å². The Morgan fingerprint density at radius 2 is 2.13 bits per heavy atom. The van der Waals surface area contributed by atoms with Gasteiger partial charge in [0.25, 0.3) is 0 Å². The van der Waals surface area contributed by atoms with Crippen LogP contribution in [0, 0.1) is 10.5 Å². The van der Waals surface area contributed by atoms with Crippen molar-refractivity contribution in [3.05, 3.63) is 26.8 Å². The van der Waals surface area contributed by atoms with Crippen molar-refractivity contribution >= 4 is 40.1 Å². The summed E-state index contributed by atoms with van der Waals surface area (Å²) in [5.41, 5.74) is 2.85. The first kappa shape index (κ1) is 10.6. The highest BCUT2D eigenvalue weighted by molar-refractivity contribution is 14.1. The van der Waals surface area contributed by atoms with Gasteiger partial charge in [0, 0.05) is 10.5 Å². The van der Waals surface area contributed by atoms with Gasteiger partial charge in [-0.1, -0.05) is 6.07 Å². The largest absolute Gasteiger partial charge is 0.274 e. The normalized spacial score (nSPS) is 14.3. The van der Waals surface area contributed by atoms with Gasteiger partial charge in [0.05, 0.1) is 12.1 Å². The Morgan fingerprint density at radius 3 is 2.73 bits per heavy atom. The molecule has 0 atom stereocenters. The number of halogens is 1. The quantitative estimate of drug-likeness (QED) is 0.687. The number of amides is 2. The predicted octanol–water partition coefficient (Wildman–Crippen LogP) is 2.04. The van der Waals surface area contributed by atoms with Crippen molar-refractivity contribution in [2.75, 3.05) is 4.90 Å². The van der Waals surface area contributed by atoms with E-state index in [0.717, 1.165) is 20.4 Å². The summed E-state index contributed by atoms with van der Waals surface area (Å²) in [5, 5.41) is 0. The van der Waals surface area contributed by atoms with Crippen LogP contribution in [0.3, 0.4) is 0 Å². The fourth-order valence-corrected chi connectivity index (χ4v) is 2.25. The number of hydrogen-bond acceptors (Lipinski definition) is 2. The number of nitrogens with zero attached hydrogens (tertiary/aromatic N) is 1. The molecule has 0 N–H and O–H groups in total. The van der Waals surface area contributed by atoms with E-state index in [1.807, 2.05) is 19.1 Å². The molecule has 2 amide bonds. The molecule has 4 heteroatoms. The summed E-state index contributed by atoms with van der Waals surface area (Å²) in [4.78, 5) is 24.2. The second-order valence-corrected chi connectivity index (χ2v) is 4.82. The number of fused-ring (bicyclic) bond motifs is 1. The second-order valence-electron chi connectivity index (χ2n) is 3.66. The van der Waals surface area contributed by atoms with Gasteiger partial charge in [0.15, 0.2) is 0 Å². The number of anilines is 1. The standard InChI is InChI=1S/C11H10INO2/c1-6-3-8-4-11(15)13(7(2)14)10(8)5-9(6)12/h3,5H,4H2,1-2H3. The van der Waals surface area contributed by atoms with Gasteiger partial charge < -0.3 is 0 Å². The molecule has 0 spiro atoms. The Morgan fingerprint density at radius 1 is 1.47 bits per heavy atom. The molecule has 0 radical (unpaired) electrons. The zero-order valence-electron chi connectivity index (χ0n) is 8.50. The summed E-state index contributed by atoms with van der Waals surface area (Å²) in [6.45, 7) is 3.42. The lowest BCUT2D eigenvalue weighted by Crippen LogP contribution is -2.31. The number of imide groups is 1. The highest BCUT2D eigenvalue weighted by Crippen LogP contribution is 2.32. The minimum atomic E-state index is -0.210. The summed E-state index contributed by atoms with van der Waals surface area (Å²) < 4.78 is 1.08. The number of carbonyl (C=O) groups excluding carboxylic acids is 2. The van der Waals surface area contributed by atoms with E-state index in [2.05, 4.69) is 22.6 Å². The molecule has 1 aliphatic rings. The molecule has 3 nitrogen and oxygen atoms in total. The molecular weight excluding hydrogens is 305 g/mol. The van der Waals surface area contributed by atoms with Crippen LogP contribution in [0.1, 0.15) is 18.1 Å². The van der Waals surface area contributed by atoms with Crippen LogP contribution in [0.5, 0.6) is 0 Å². The van der Waals surface area contributed by atoms with Crippen molar-refractivity contribution in [3.8, 4) is 0 Å². The molecule has 1 aromatic rings. The highest BCUT2D eigenvalue weighted by Gasteiger charge is 2.30. The molecule has 0 saturated heterocycles. The molecule has 78 valence electrons. The first-order valence-electron chi connectivity index (χ1n) is 4.63. The van der Waals surface area contributed by atoms with Crippen LogP contribution < -0.4 is 4.90 Å². The molecule has 0 aliphatic carbocycles. The van der Waals surface area contributed by atoms with E-state index < -0.39 is 0 Å². The molecule has 0 aromatic heterocycles. The van der Waals surface area contributed by atoms with Crippen molar-refractivity contribution < 1.29 is 9.59 Å². The van der Waals surface area contributed by atoms with Gasteiger partial charge in [-0.3, -0.25) is 14.5 Å². The topological polar surface area (TPSA) is 37.4 Å². The lowest BCUT2D eigenvalue weighted by molar-refractivity contribution is -0.124. The van der Waals surface area contributed by atoms with Crippen LogP contribution in [0.25, 0.3) is 0 Å². The fourth-order valence-electron chi connectivity index (χ4n) is 1.80. The van der Waals surface area contributed by atoms with E-state index >= 15 is 0 Å². The maximum atomic E-state index is 11.6. The third kappa shape index (κ3) is 1.67. The molecule has 0 saturated carbocycles. The van der Waals surface area contributed by atoms with Crippen LogP contribution in [-0.4, -0.2) is 11.8 Å². The lowest BCUT2D eigenvalue weighted by Gasteiger charge is -2.13. The fraction of sp³-hybridized carbons (Fsp3) is 0.273. The number of carbonyl (C=O) groups is 2. The SMILES string of the molecule is CC(=O)N1C(=O)Cc2cc(C)c(I)cc21. The van der Waals surface area contributed by atoms with Crippen LogP contribution >= 0.6 is 22.6 Å². The number of aryl methyl sites for hydroxylation is 1. The number of hydrogen-bond donors (Lipinski definition) is 0. The minimum Gasteiger partial charge on any atom is -0.274 e. The summed E-state index contributed by atoms with van der Waals surface area (Å²) in [5.74, 6) is -0.336.